The van der Waals surface area contributed by atoms with Crippen LogP contribution in [0.2, 0.25) is 0 Å². The van der Waals surface area contributed by atoms with Crippen molar-refractivity contribution in [2.75, 3.05) is 186 Å². The largest absolute Gasteiger partial charge is 0.464 e. The minimum Gasteiger partial charge on any atom is -0.464 e. The quantitative estimate of drug-likeness (QED) is 0.0179. The zero-order valence-electron chi connectivity index (χ0n) is 48.8. The highest BCUT2D eigenvalue weighted by molar-refractivity contribution is 8.15. The minimum atomic E-state index is -1.37. The highest BCUT2D eigenvalue weighted by atomic mass is 32.2. The van der Waals surface area contributed by atoms with Gasteiger partial charge >= 0.3 is 71.6 Å². The van der Waals surface area contributed by atoms with Crippen molar-refractivity contribution in [2.45, 2.75) is 0 Å². The molecule has 0 aromatic carbocycles. The molecule has 44 heteroatoms. The van der Waals surface area contributed by atoms with Crippen LogP contribution >= 0.6 is 175 Å². The second-order valence-electron chi connectivity index (χ2n) is 17.8. The number of aliphatic hydroxyl groups is 4. The molecule has 0 aliphatic rings. The number of esters is 12. The van der Waals surface area contributed by atoms with Gasteiger partial charge in [-0.05, 0) is 0 Å². The minimum absolute atomic E-state index is 0.0160. The van der Waals surface area contributed by atoms with Crippen LogP contribution in [0, 0.1) is 21.7 Å². The third-order valence-electron chi connectivity index (χ3n) is 10.1. The van der Waals surface area contributed by atoms with E-state index in [1.807, 2.05) is 0 Å². The molecule has 0 saturated carbocycles. The summed E-state index contributed by atoms with van der Waals surface area (Å²) in [5.41, 5.74) is -5.14. The topological polar surface area (TPSA) is 431 Å². The molecular weight excluding hydrogens is 1510 g/mol. The number of thiol groups is 12. The Hall–Kier alpha value is -2.28. The Balaban J connectivity index is -0.000000571. The molecule has 0 saturated heterocycles. The number of rotatable bonds is 44. The van der Waals surface area contributed by atoms with Gasteiger partial charge in [-0.15, -0.1) is 0 Å². The Morgan fingerprint density at radius 3 is 0.500 bits per heavy atom. The lowest BCUT2D eigenvalue weighted by Gasteiger charge is -2.31. The molecule has 0 aromatic heterocycles. The van der Waals surface area contributed by atoms with Crippen molar-refractivity contribution in [3.05, 3.63) is 0 Å². The van der Waals surface area contributed by atoms with Gasteiger partial charge in [-0.1, -0.05) is 23.5 Å². The Labute approximate surface area is 604 Å². The normalized spacial score (nSPS) is 10.9. The van der Waals surface area contributed by atoms with Crippen LogP contribution in [0.4, 0.5) is 0 Å². The van der Waals surface area contributed by atoms with Gasteiger partial charge in [0.25, 0.3) is 0 Å². The molecule has 0 atom stereocenters. The molecule has 0 heterocycles. The van der Waals surface area contributed by atoms with Crippen molar-refractivity contribution in [3.8, 4) is 0 Å². The summed E-state index contributed by atoms with van der Waals surface area (Å²) in [6.07, 6.45) is 0. The van der Waals surface area contributed by atoms with E-state index >= 15 is 0 Å². The Bertz CT molecular complexity index is 2120. The lowest BCUT2D eigenvalue weighted by Crippen LogP contribution is -2.44. The molecule has 0 rings (SSSR count). The highest BCUT2D eigenvalue weighted by Crippen LogP contribution is 2.24. The molecular formula is C48H76O30S14. The van der Waals surface area contributed by atoms with Gasteiger partial charge in [0.15, 0.2) is 10.2 Å². The lowest BCUT2D eigenvalue weighted by atomic mass is 9.92. The number of carbonyl (C=O) groups is 14. The summed E-state index contributed by atoms with van der Waals surface area (Å²) in [5.74, 6) is -10.0. The van der Waals surface area contributed by atoms with Crippen LogP contribution in [0.5, 0.6) is 0 Å². The first-order valence-electron chi connectivity index (χ1n) is 25.4. The summed E-state index contributed by atoms with van der Waals surface area (Å²) >= 11 is 46.6. The van der Waals surface area contributed by atoms with Gasteiger partial charge in [0.05, 0.1) is 123 Å². The summed E-state index contributed by atoms with van der Waals surface area (Å²) in [7, 11) is 0. The van der Waals surface area contributed by atoms with E-state index < -0.39 is 126 Å². The number of aliphatic hydroxyl groups excluding tert-OH is 4. The van der Waals surface area contributed by atoms with Crippen LogP contribution in [-0.4, -0.2) is 289 Å². The first-order valence-corrected chi connectivity index (χ1v) is 35.0. The average molecular weight is 1580 g/mol. The van der Waals surface area contributed by atoms with Gasteiger partial charge in [0.1, 0.15) is 84.7 Å². The molecule has 0 aromatic rings. The summed E-state index contributed by atoms with van der Waals surface area (Å²) in [6, 6.07) is 0. The zero-order valence-corrected chi connectivity index (χ0v) is 61.2. The molecule has 0 aliphatic carbocycles. The van der Waals surface area contributed by atoms with Crippen LogP contribution in [0.25, 0.3) is 0 Å². The Kier molecular flexibility index (Phi) is 61.5. The van der Waals surface area contributed by atoms with Gasteiger partial charge < -0.3 is 77.3 Å². The van der Waals surface area contributed by atoms with Gasteiger partial charge in [-0.3, -0.25) is 67.1 Å². The van der Waals surface area contributed by atoms with E-state index in [2.05, 4.69) is 152 Å². The fourth-order valence-electron chi connectivity index (χ4n) is 4.76. The molecule has 30 nitrogen and oxygen atoms in total. The van der Waals surface area contributed by atoms with Crippen LogP contribution in [-0.2, 0) is 124 Å². The second kappa shape index (κ2) is 58.8. The van der Waals surface area contributed by atoms with Crippen LogP contribution < -0.4 is 0 Å². The number of thioether (sulfide) groups is 2. The lowest BCUT2D eigenvalue weighted by molar-refractivity contribution is -0.169. The highest BCUT2D eigenvalue weighted by Gasteiger charge is 2.39. The van der Waals surface area contributed by atoms with Crippen LogP contribution in [0.15, 0.2) is 0 Å². The molecule has 0 unspecified atom stereocenters. The molecule has 92 heavy (non-hydrogen) atoms. The third-order valence-corrected chi connectivity index (χ3v) is 15.3. The molecule has 0 bridgehead atoms. The number of carbonyl (C=O) groups excluding carboxylic acids is 14. The molecule has 0 radical (unpaired) electrons. The smallest absolute Gasteiger partial charge is 0.316 e. The SMILES string of the molecule is O=C(CS)OCC(CO)(CO)COC(=O)CS.O=C(CS)OCC(CO)(COC(=O)CS)COC(=O)CS.O=C(CS)OCC(CO)(COC(=O)CS)COC(=O)CSC(=O)CS.O=C(CS)OCC(COC(=O)CS)(COC(=O)CS)COC(=O)CSC(=O)CS. The van der Waals surface area contributed by atoms with E-state index in [9.17, 15) is 77.3 Å². The molecule has 0 aliphatic heterocycles. The monoisotopic (exact) mass is 1580 g/mol. The molecule has 4 N–H and O–H groups in total. The van der Waals surface area contributed by atoms with Crippen molar-refractivity contribution < 1.29 is 144 Å². The predicted octanol–water partition coefficient (Wildman–Crippen LogP) is -1.94. The molecule has 532 valence electrons. The van der Waals surface area contributed by atoms with Gasteiger partial charge in [0, 0.05) is 0 Å². The Morgan fingerprint density at radius 2 is 0.359 bits per heavy atom. The van der Waals surface area contributed by atoms with Crippen molar-refractivity contribution >= 4 is 257 Å². The van der Waals surface area contributed by atoms with Crippen LogP contribution in [0.1, 0.15) is 0 Å². The van der Waals surface area contributed by atoms with Gasteiger partial charge in [-0.25, -0.2) is 0 Å². The molecule has 0 amide bonds. The average Bonchev–Trinajstić information content (AvgIpc) is 1.11. The van der Waals surface area contributed by atoms with Crippen molar-refractivity contribution in [1.82, 2.24) is 0 Å². The van der Waals surface area contributed by atoms with E-state index in [1.54, 1.807) is 0 Å². The van der Waals surface area contributed by atoms with Gasteiger partial charge in [-0.2, -0.15) is 152 Å². The van der Waals surface area contributed by atoms with E-state index in [0.29, 0.717) is 0 Å². The second-order valence-corrected chi connectivity index (χ2v) is 23.6. The van der Waals surface area contributed by atoms with E-state index in [0.717, 1.165) is 23.5 Å². The standard InChI is InChI=1S/C15H22O9S5.C13H20O8S4.C11H18O7S3.C9H16O6S2/c16-10(1-25)21-6-15(7-22-11(17)2-26,8-23-12(18)3-27)9-24-13(19)5-29-14(20)4-28;14-5-13(6-19-9(15)1-22,7-20-10(16)2-23)8-21-11(17)4-25-12(18)3-24;12-4-11(5-16-8(13)1-19,6-17-9(14)2-20)7-18-10(15)3-21;10-3-9(4-11,5-14-7(12)1-16)6-15-8(13)2-17/h25-28H,1-9H2;14,22-24H,1-8H2;12,19-21H,1-7H2;10-11,16-17H,1-6H2. The predicted molar refractivity (Wildman–Crippen MR) is 371 cm³/mol. The van der Waals surface area contributed by atoms with Gasteiger partial charge in [0.2, 0.25) is 0 Å². The van der Waals surface area contributed by atoms with E-state index in [4.69, 9.17) is 67.1 Å². The summed E-state index contributed by atoms with van der Waals surface area (Å²) in [4.78, 5) is 158. The summed E-state index contributed by atoms with van der Waals surface area (Å²) in [6.45, 7) is -6.09. The molecule has 0 spiro atoms. The fraction of sp³-hybridized carbons (Fsp3) is 0.708. The van der Waals surface area contributed by atoms with Crippen molar-refractivity contribution in [3.63, 3.8) is 0 Å². The summed E-state index contributed by atoms with van der Waals surface area (Å²) in [5, 5.41) is 36.9. The van der Waals surface area contributed by atoms with E-state index in [-0.39, 0.29) is 163 Å². The maximum atomic E-state index is 11.9. The zero-order chi connectivity index (χ0) is 71.2. The maximum Gasteiger partial charge on any atom is 0.316 e. The maximum absolute atomic E-state index is 11.9. The van der Waals surface area contributed by atoms with Crippen molar-refractivity contribution in [2.24, 2.45) is 21.7 Å². The van der Waals surface area contributed by atoms with Crippen molar-refractivity contribution in [1.29, 1.82) is 0 Å². The molecule has 0 fully saturated rings. The van der Waals surface area contributed by atoms with E-state index in [1.165, 1.54) is 0 Å². The fourth-order valence-corrected chi connectivity index (χ4v) is 7.13. The first kappa shape index (κ1) is 96.1. The summed E-state index contributed by atoms with van der Waals surface area (Å²) < 4.78 is 59.3. The first-order chi connectivity index (χ1) is 43.5. The Morgan fingerprint density at radius 1 is 0.217 bits per heavy atom. The number of hydrogen-bond acceptors (Lipinski definition) is 44. The number of hydrogen-bond donors (Lipinski definition) is 16. The van der Waals surface area contributed by atoms with Crippen LogP contribution in [0.3, 0.4) is 0 Å². The third kappa shape index (κ3) is 49.3. The number of ether oxygens (including phenoxy) is 12.